The second kappa shape index (κ2) is 10.6. The van der Waals surface area contributed by atoms with Crippen LogP contribution in [0.25, 0.3) is 5.76 Å². The number of unbranched alkanes of at least 4 members (excludes halogenated alkanes) is 1. The Morgan fingerprint density at radius 3 is 2.14 bits per heavy atom. The fourth-order valence-electron chi connectivity index (χ4n) is 4.38. The first-order valence-corrected chi connectivity index (χ1v) is 11.0. The third-order valence-electron chi connectivity index (χ3n) is 6.02. The van der Waals surface area contributed by atoms with Crippen LogP contribution in [0.5, 0.6) is 0 Å². The highest BCUT2D eigenvalue weighted by molar-refractivity contribution is 6.52. The van der Waals surface area contributed by atoms with Crippen molar-refractivity contribution in [3.63, 3.8) is 0 Å². The molecule has 3 nitrogen and oxygen atoms in total. The largest absolute Gasteiger partial charge is 0.507 e. The normalized spacial score (nSPS) is 16.5. The Balaban J connectivity index is 2.19. The lowest BCUT2D eigenvalue weighted by molar-refractivity contribution is -0.112. The van der Waals surface area contributed by atoms with Crippen molar-refractivity contribution in [2.24, 2.45) is 17.8 Å². The Kier molecular flexibility index (Phi) is 8.47. The predicted molar refractivity (Wildman–Crippen MR) is 115 cm³/mol. The number of Topliss-reactive ketones (excluding diaryl/α,β-unsaturated/α-hetero) is 2. The van der Waals surface area contributed by atoms with Crippen LogP contribution in [-0.4, -0.2) is 16.7 Å². The number of ketones is 2. The summed E-state index contributed by atoms with van der Waals surface area (Å²) in [6, 6.07) is 6.87. The van der Waals surface area contributed by atoms with E-state index in [0.717, 1.165) is 25.2 Å². The van der Waals surface area contributed by atoms with Crippen LogP contribution in [0.3, 0.4) is 0 Å². The highest BCUT2D eigenvalue weighted by Gasteiger charge is 2.33. The van der Waals surface area contributed by atoms with Crippen molar-refractivity contribution < 1.29 is 14.7 Å². The molecule has 1 aromatic rings. The quantitative estimate of drug-likeness (QED) is 0.428. The van der Waals surface area contributed by atoms with Gasteiger partial charge in [0, 0.05) is 16.7 Å². The van der Waals surface area contributed by atoms with Crippen molar-refractivity contribution in [1.29, 1.82) is 0 Å². The molecule has 0 aromatic heterocycles. The smallest absolute Gasteiger partial charge is 0.234 e. The Morgan fingerprint density at radius 2 is 1.54 bits per heavy atom. The van der Waals surface area contributed by atoms with E-state index in [1.54, 1.807) is 24.3 Å². The zero-order valence-corrected chi connectivity index (χ0v) is 18.0. The molecule has 1 aliphatic rings. The second-order valence-electron chi connectivity index (χ2n) is 8.72. The molecule has 0 amide bonds. The molecule has 0 saturated carbocycles. The molecule has 154 valence electrons. The van der Waals surface area contributed by atoms with Crippen LogP contribution in [-0.2, 0) is 4.79 Å². The second-order valence-corrected chi connectivity index (χ2v) is 8.72. The predicted octanol–water partition coefficient (Wildman–Crippen LogP) is 6.77. The fourth-order valence-corrected chi connectivity index (χ4v) is 4.38. The van der Waals surface area contributed by atoms with Gasteiger partial charge in [0.15, 0.2) is 0 Å². The molecule has 1 aliphatic carbocycles. The van der Waals surface area contributed by atoms with E-state index in [2.05, 4.69) is 27.7 Å². The average molecular weight is 385 g/mol. The first-order chi connectivity index (χ1) is 13.4. The van der Waals surface area contributed by atoms with E-state index < -0.39 is 11.6 Å². The Hall–Kier alpha value is -1.90. The lowest BCUT2D eigenvalue weighted by Crippen LogP contribution is -2.25. The number of aliphatic hydroxyl groups is 1. The molecule has 2 atom stereocenters. The van der Waals surface area contributed by atoms with E-state index in [9.17, 15) is 14.7 Å². The first kappa shape index (κ1) is 22.4. The van der Waals surface area contributed by atoms with Gasteiger partial charge in [0.05, 0.1) is 0 Å². The van der Waals surface area contributed by atoms with E-state index >= 15 is 0 Å². The molecule has 0 radical (unpaired) electrons. The van der Waals surface area contributed by atoms with Crippen molar-refractivity contribution in [3.05, 3.63) is 41.0 Å². The minimum atomic E-state index is -0.525. The maximum absolute atomic E-state index is 12.7. The van der Waals surface area contributed by atoms with Gasteiger partial charge >= 0.3 is 0 Å². The number of carbonyl (C=O) groups excluding carboxylic acids is 2. The molecule has 28 heavy (non-hydrogen) atoms. The van der Waals surface area contributed by atoms with Gasteiger partial charge in [0.25, 0.3) is 0 Å². The maximum Gasteiger partial charge on any atom is 0.234 e. The van der Waals surface area contributed by atoms with E-state index in [1.165, 1.54) is 25.7 Å². The summed E-state index contributed by atoms with van der Waals surface area (Å²) in [6.07, 6.45) is 8.64. The lowest BCUT2D eigenvalue weighted by Gasteiger charge is -2.25. The van der Waals surface area contributed by atoms with E-state index in [1.807, 2.05) is 0 Å². The molecule has 0 heterocycles. The van der Waals surface area contributed by atoms with Crippen molar-refractivity contribution in [3.8, 4) is 0 Å². The summed E-state index contributed by atoms with van der Waals surface area (Å²) >= 11 is 0. The Labute approximate surface area is 170 Å². The van der Waals surface area contributed by atoms with Crippen LogP contribution < -0.4 is 0 Å². The molecule has 1 aromatic carbocycles. The van der Waals surface area contributed by atoms with E-state index in [4.69, 9.17) is 0 Å². The molecular weight excluding hydrogens is 348 g/mol. The Morgan fingerprint density at radius 1 is 0.893 bits per heavy atom. The summed E-state index contributed by atoms with van der Waals surface area (Å²) in [5.74, 6) is 0.553. The molecule has 2 rings (SSSR count). The maximum atomic E-state index is 12.7. The highest BCUT2D eigenvalue weighted by Crippen LogP contribution is 2.35. The van der Waals surface area contributed by atoms with Crippen molar-refractivity contribution in [1.82, 2.24) is 0 Å². The van der Waals surface area contributed by atoms with Crippen LogP contribution in [0.15, 0.2) is 29.8 Å². The number of rotatable bonds is 11. The van der Waals surface area contributed by atoms with Gasteiger partial charge in [-0.15, -0.1) is 0 Å². The third kappa shape index (κ3) is 5.56. The van der Waals surface area contributed by atoms with Gasteiger partial charge in [-0.3, -0.25) is 9.59 Å². The molecule has 0 aliphatic heterocycles. The van der Waals surface area contributed by atoms with E-state index in [0.29, 0.717) is 35.0 Å². The average Bonchev–Trinajstić information content (AvgIpc) is 2.69. The number of carbonyl (C=O) groups is 2. The molecule has 0 saturated heterocycles. The monoisotopic (exact) mass is 384 g/mol. The molecule has 0 fully saturated rings. The van der Waals surface area contributed by atoms with Crippen LogP contribution in [0.4, 0.5) is 0 Å². The van der Waals surface area contributed by atoms with Gasteiger partial charge in [0.1, 0.15) is 5.76 Å². The van der Waals surface area contributed by atoms with Gasteiger partial charge in [-0.05, 0) is 37.0 Å². The summed E-state index contributed by atoms with van der Waals surface area (Å²) < 4.78 is 0. The van der Waals surface area contributed by atoms with Gasteiger partial charge in [-0.2, -0.15) is 0 Å². The van der Waals surface area contributed by atoms with Crippen LogP contribution in [0.2, 0.25) is 0 Å². The minimum absolute atomic E-state index is 0.00646. The number of fused-ring (bicyclic) bond motifs is 1. The minimum Gasteiger partial charge on any atom is -0.507 e. The lowest BCUT2D eigenvalue weighted by atomic mass is 9.79. The molecular formula is C25H36O3. The number of hydrogen-bond donors (Lipinski definition) is 1. The number of benzene rings is 1. The molecule has 2 unspecified atom stereocenters. The van der Waals surface area contributed by atoms with Gasteiger partial charge in [0.2, 0.25) is 11.6 Å². The molecule has 0 spiro atoms. The first-order valence-electron chi connectivity index (χ1n) is 11.0. The van der Waals surface area contributed by atoms with Gasteiger partial charge in [-0.25, -0.2) is 0 Å². The zero-order valence-electron chi connectivity index (χ0n) is 18.0. The number of hydrogen-bond acceptors (Lipinski definition) is 3. The molecule has 1 N–H and O–H groups in total. The summed E-state index contributed by atoms with van der Waals surface area (Å²) in [4.78, 5) is 25.2. The summed E-state index contributed by atoms with van der Waals surface area (Å²) in [6.45, 7) is 8.87. The molecule has 0 bridgehead atoms. The number of allylic oxidation sites excluding steroid dienone is 1. The van der Waals surface area contributed by atoms with Gasteiger partial charge < -0.3 is 5.11 Å². The number of aliphatic hydroxyl groups excluding tert-OH is 1. The van der Waals surface area contributed by atoms with Crippen LogP contribution in [0, 0.1) is 17.8 Å². The third-order valence-corrected chi connectivity index (χ3v) is 6.02. The summed E-state index contributed by atoms with van der Waals surface area (Å²) in [5, 5.41) is 10.7. The standard InChI is InChI=1S/C25H36O3/c1-5-7-10-18(6-2)13-14-19(15-17(3)4)16-22-23(26)20-11-8-9-12-21(20)24(27)25(22)28/h8-9,11-12,17-19,26H,5-7,10,13-16H2,1-4H3. The van der Waals surface area contributed by atoms with Crippen molar-refractivity contribution in [2.45, 2.75) is 79.1 Å². The zero-order chi connectivity index (χ0) is 20.7. The fraction of sp³-hybridized carbons (Fsp3) is 0.600. The topological polar surface area (TPSA) is 54.4 Å². The summed E-state index contributed by atoms with van der Waals surface area (Å²) in [5.41, 5.74) is 1.13. The highest BCUT2D eigenvalue weighted by atomic mass is 16.3. The van der Waals surface area contributed by atoms with Crippen LogP contribution >= 0.6 is 0 Å². The Bertz CT molecular complexity index is 714. The van der Waals surface area contributed by atoms with Crippen molar-refractivity contribution >= 4 is 17.3 Å². The van der Waals surface area contributed by atoms with Gasteiger partial charge in [-0.1, -0.05) is 84.1 Å². The molecule has 3 heteroatoms. The van der Waals surface area contributed by atoms with Crippen molar-refractivity contribution in [2.75, 3.05) is 0 Å². The SMILES string of the molecule is CCCCC(CC)CCC(CC1=C(O)c2ccccc2C(=O)C1=O)CC(C)C. The summed E-state index contributed by atoms with van der Waals surface area (Å²) in [7, 11) is 0. The van der Waals surface area contributed by atoms with E-state index in [-0.39, 0.29) is 5.76 Å². The van der Waals surface area contributed by atoms with Crippen LogP contribution in [0.1, 0.15) is 95.0 Å².